The summed E-state index contributed by atoms with van der Waals surface area (Å²) in [7, 11) is 0. The minimum absolute atomic E-state index is 0.110. The Balaban J connectivity index is 2.51. The molecule has 0 aromatic heterocycles. The van der Waals surface area contributed by atoms with Gasteiger partial charge in [0.25, 0.3) is 0 Å². The van der Waals surface area contributed by atoms with Gasteiger partial charge in [-0.15, -0.1) is 0 Å². The summed E-state index contributed by atoms with van der Waals surface area (Å²) in [6.07, 6.45) is 1.90. The van der Waals surface area contributed by atoms with Crippen molar-refractivity contribution in [2.24, 2.45) is 5.10 Å². The van der Waals surface area contributed by atoms with E-state index < -0.39 is 0 Å². The molecule has 0 spiro atoms. The molecule has 0 bridgehead atoms. The smallest absolute Gasteiger partial charge is 0.177 e. The maximum absolute atomic E-state index is 10.3. The van der Waals surface area contributed by atoms with Crippen LogP contribution in [0.4, 0.5) is 0 Å². The number of hydrazone groups is 1. The van der Waals surface area contributed by atoms with Crippen molar-refractivity contribution < 1.29 is 4.79 Å². The van der Waals surface area contributed by atoms with E-state index in [1.54, 1.807) is 0 Å². The zero-order valence-electron chi connectivity index (χ0n) is 3.85. The zero-order chi connectivity index (χ0) is 5.11. The van der Waals surface area contributed by atoms with Gasteiger partial charge in [-0.05, 0) is 0 Å². The minimum Gasteiger partial charge on any atom is -0.310 e. The molecule has 1 rings (SSSR count). The van der Waals surface area contributed by atoms with Crippen molar-refractivity contribution >= 4 is 12.0 Å². The van der Waals surface area contributed by atoms with Gasteiger partial charge in [0.05, 0.1) is 6.21 Å². The van der Waals surface area contributed by atoms with E-state index in [1.165, 1.54) is 6.21 Å². The number of nitrogens with zero attached hydrogens (tertiary/aromatic N) is 1. The van der Waals surface area contributed by atoms with Gasteiger partial charge in [-0.1, -0.05) is 0 Å². The maximum Gasteiger partial charge on any atom is 0.177 e. The highest BCUT2D eigenvalue weighted by atomic mass is 16.1. The molecule has 1 heterocycles. The Hall–Kier alpha value is -0.860. The molecule has 3 heteroatoms. The van der Waals surface area contributed by atoms with Crippen molar-refractivity contribution in [1.82, 2.24) is 5.43 Å². The van der Waals surface area contributed by atoms with Crippen molar-refractivity contribution in [3.8, 4) is 0 Å². The summed E-state index contributed by atoms with van der Waals surface area (Å²) in [4.78, 5) is 10.3. The van der Waals surface area contributed by atoms with Crippen LogP contribution in [0.3, 0.4) is 0 Å². The molecular weight excluding hydrogens is 92.1 g/mol. The quantitative estimate of drug-likeness (QED) is 0.445. The predicted molar refractivity (Wildman–Crippen MR) is 26.1 cm³/mol. The van der Waals surface area contributed by atoms with Crippen LogP contribution >= 0.6 is 0 Å². The molecule has 0 aromatic rings. The molecule has 0 unspecified atom stereocenters. The second-order valence-corrected chi connectivity index (χ2v) is 1.38. The molecule has 1 aliphatic heterocycles. The average molecular weight is 98.1 g/mol. The molecule has 1 N–H and O–H groups in total. The Morgan fingerprint density at radius 2 is 2.71 bits per heavy atom. The first kappa shape index (κ1) is 4.30. The first-order chi connectivity index (χ1) is 3.39. The fourth-order valence-electron chi connectivity index (χ4n) is 0.426. The van der Waals surface area contributed by atoms with E-state index >= 15 is 0 Å². The predicted octanol–water partition coefficient (Wildman–Crippen LogP) is -0.465. The van der Waals surface area contributed by atoms with Gasteiger partial charge < -0.3 is 5.43 Å². The molecule has 0 saturated heterocycles. The second-order valence-electron chi connectivity index (χ2n) is 1.38. The molecule has 38 valence electrons. The number of hydrogen-bond donors (Lipinski definition) is 1. The van der Waals surface area contributed by atoms with Gasteiger partial charge in [0.1, 0.15) is 0 Å². The number of nitrogens with one attached hydrogen (secondary N) is 1. The molecule has 3 nitrogen and oxygen atoms in total. The van der Waals surface area contributed by atoms with Crippen LogP contribution in [0.1, 0.15) is 6.42 Å². The van der Waals surface area contributed by atoms with Crippen molar-refractivity contribution in [2.45, 2.75) is 6.42 Å². The fraction of sp³-hybridized carbons (Fsp3) is 0.500. The van der Waals surface area contributed by atoms with Crippen molar-refractivity contribution in [2.75, 3.05) is 6.54 Å². The van der Waals surface area contributed by atoms with Gasteiger partial charge in [-0.3, -0.25) is 4.79 Å². The van der Waals surface area contributed by atoms with Crippen LogP contribution in [0.5, 0.6) is 0 Å². The highest BCUT2D eigenvalue weighted by Crippen LogP contribution is 1.81. The number of hydrogen-bond acceptors (Lipinski definition) is 3. The molecule has 1 aliphatic rings. The average Bonchev–Trinajstić information content (AvgIpc) is 1.69. The van der Waals surface area contributed by atoms with E-state index in [-0.39, 0.29) is 5.78 Å². The fourth-order valence-corrected chi connectivity index (χ4v) is 0.426. The lowest BCUT2D eigenvalue weighted by molar-refractivity contribution is -0.112. The van der Waals surface area contributed by atoms with E-state index in [0.717, 1.165) is 0 Å². The van der Waals surface area contributed by atoms with E-state index in [4.69, 9.17) is 0 Å². The van der Waals surface area contributed by atoms with Gasteiger partial charge >= 0.3 is 0 Å². The number of Topliss-reactive ketones (excluding diaryl/α,β-unsaturated/α-hetero) is 1. The third kappa shape index (κ3) is 0.994. The Labute approximate surface area is 41.4 Å². The molecule has 0 aliphatic carbocycles. The summed E-state index contributed by atoms with van der Waals surface area (Å²) in [5.74, 6) is 0.110. The van der Waals surface area contributed by atoms with Crippen LogP contribution in [-0.2, 0) is 4.79 Å². The van der Waals surface area contributed by atoms with E-state index in [9.17, 15) is 4.79 Å². The van der Waals surface area contributed by atoms with Crippen LogP contribution in [-0.4, -0.2) is 18.5 Å². The molecule has 0 aromatic carbocycles. The third-order valence-corrected chi connectivity index (χ3v) is 0.783. The molecule has 0 atom stereocenters. The normalized spacial score (nSPS) is 19.1. The van der Waals surface area contributed by atoms with Gasteiger partial charge in [-0.25, -0.2) is 0 Å². The van der Waals surface area contributed by atoms with Crippen LogP contribution < -0.4 is 5.43 Å². The zero-order valence-corrected chi connectivity index (χ0v) is 3.85. The van der Waals surface area contributed by atoms with Gasteiger partial charge in [0, 0.05) is 13.0 Å². The van der Waals surface area contributed by atoms with Crippen molar-refractivity contribution in [3.05, 3.63) is 0 Å². The first-order valence-electron chi connectivity index (χ1n) is 2.18. The topological polar surface area (TPSA) is 41.5 Å². The monoisotopic (exact) mass is 98.0 g/mol. The van der Waals surface area contributed by atoms with Crippen LogP contribution in [0, 0.1) is 0 Å². The van der Waals surface area contributed by atoms with Crippen LogP contribution in [0.25, 0.3) is 0 Å². The van der Waals surface area contributed by atoms with Gasteiger partial charge in [-0.2, -0.15) is 5.10 Å². The number of carbonyl (C=O) groups excluding carboxylic acids is 1. The van der Waals surface area contributed by atoms with Crippen molar-refractivity contribution in [3.63, 3.8) is 0 Å². The lowest BCUT2D eigenvalue weighted by Crippen LogP contribution is -2.19. The largest absolute Gasteiger partial charge is 0.310 e. The van der Waals surface area contributed by atoms with Crippen LogP contribution in [0.15, 0.2) is 5.10 Å². The number of carbonyl (C=O) groups is 1. The highest BCUT2D eigenvalue weighted by molar-refractivity contribution is 6.27. The molecule has 7 heavy (non-hydrogen) atoms. The summed E-state index contributed by atoms with van der Waals surface area (Å²) >= 11 is 0. The summed E-state index contributed by atoms with van der Waals surface area (Å²) in [6, 6.07) is 0. The Kier molecular flexibility index (Phi) is 1.06. The Morgan fingerprint density at radius 3 is 3.00 bits per heavy atom. The molecule has 0 radical (unpaired) electrons. The summed E-state index contributed by atoms with van der Waals surface area (Å²) in [5.41, 5.74) is 2.66. The Bertz CT molecular complexity index is 108. The van der Waals surface area contributed by atoms with E-state index in [1.807, 2.05) is 0 Å². The molecule has 0 amide bonds. The number of ketones is 1. The second kappa shape index (κ2) is 1.73. The SMILES string of the molecule is O=C1C=NNCC1. The maximum atomic E-state index is 10.3. The van der Waals surface area contributed by atoms with Gasteiger partial charge in [0.2, 0.25) is 0 Å². The molecular formula is C4H6N2O. The Morgan fingerprint density at radius 1 is 1.86 bits per heavy atom. The molecule has 0 fully saturated rings. The third-order valence-electron chi connectivity index (χ3n) is 0.783. The summed E-state index contributed by atoms with van der Waals surface area (Å²) < 4.78 is 0. The lowest BCUT2D eigenvalue weighted by Gasteiger charge is -2.00. The summed E-state index contributed by atoms with van der Waals surface area (Å²) in [6.45, 7) is 0.690. The minimum atomic E-state index is 0.110. The summed E-state index contributed by atoms with van der Waals surface area (Å²) in [5, 5.41) is 3.53. The first-order valence-corrected chi connectivity index (χ1v) is 2.18. The lowest BCUT2D eigenvalue weighted by atomic mass is 10.3. The van der Waals surface area contributed by atoms with Crippen molar-refractivity contribution in [1.29, 1.82) is 0 Å². The van der Waals surface area contributed by atoms with E-state index in [0.29, 0.717) is 13.0 Å². The molecule has 0 saturated carbocycles. The van der Waals surface area contributed by atoms with Crippen LogP contribution in [0.2, 0.25) is 0 Å². The standard InChI is InChI=1S/C4H6N2O/c7-4-1-2-5-6-3-4/h3,5H,1-2H2. The highest BCUT2D eigenvalue weighted by Gasteiger charge is 1.99. The van der Waals surface area contributed by atoms with Gasteiger partial charge in [0.15, 0.2) is 5.78 Å². The van der Waals surface area contributed by atoms with E-state index in [2.05, 4.69) is 10.5 Å². The number of rotatable bonds is 0.